The van der Waals surface area contributed by atoms with Crippen LogP contribution in [0.1, 0.15) is 44.2 Å². The van der Waals surface area contributed by atoms with Crippen LogP contribution in [0.5, 0.6) is 0 Å². The Morgan fingerprint density at radius 1 is 1.35 bits per heavy atom. The maximum Gasteiger partial charge on any atom is 0.0610 e. The van der Waals surface area contributed by atoms with Crippen molar-refractivity contribution in [3.8, 4) is 0 Å². The van der Waals surface area contributed by atoms with Gasteiger partial charge in [-0.1, -0.05) is 36.8 Å². The molecular weight excluding hydrogens is 266 g/mol. The van der Waals surface area contributed by atoms with Crippen molar-refractivity contribution < 1.29 is 5.11 Å². The molecule has 2 nitrogen and oxygen atoms in total. The van der Waals surface area contributed by atoms with Crippen molar-refractivity contribution in [1.82, 2.24) is 5.32 Å². The number of hydrogen-bond acceptors (Lipinski definition) is 3. The molecule has 20 heavy (non-hydrogen) atoms. The van der Waals surface area contributed by atoms with Crippen LogP contribution in [0.2, 0.25) is 0 Å². The van der Waals surface area contributed by atoms with Gasteiger partial charge in [-0.3, -0.25) is 0 Å². The van der Waals surface area contributed by atoms with Gasteiger partial charge >= 0.3 is 0 Å². The lowest BCUT2D eigenvalue weighted by atomic mass is 9.97. The first-order chi connectivity index (χ1) is 9.59. The molecule has 0 bridgehead atoms. The Morgan fingerprint density at radius 2 is 2.15 bits per heavy atom. The van der Waals surface area contributed by atoms with Gasteiger partial charge in [0, 0.05) is 11.3 Å². The lowest BCUT2D eigenvalue weighted by molar-refractivity contribution is 0.165. The summed E-state index contributed by atoms with van der Waals surface area (Å²) in [6.45, 7) is 7.61. The van der Waals surface area contributed by atoms with Crippen molar-refractivity contribution in [1.29, 1.82) is 0 Å². The second-order valence-corrected chi connectivity index (χ2v) is 6.90. The molecule has 1 aromatic rings. The zero-order valence-corrected chi connectivity index (χ0v) is 13.9. The van der Waals surface area contributed by atoms with Gasteiger partial charge in [0.2, 0.25) is 0 Å². The average Bonchev–Trinajstić information content (AvgIpc) is 2.45. The van der Waals surface area contributed by atoms with Gasteiger partial charge in [0.05, 0.1) is 6.61 Å². The Balaban J connectivity index is 2.20. The molecule has 0 heterocycles. The predicted molar refractivity (Wildman–Crippen MR) is 90.4 cm³/mol. The molecule has 0 fully saturated rings. The lowest BCUT2D eigenvalue weighted by Crippen LogP contribution is -2.46. The fraction of sp³-hybridized carbons (Fsp3) is 0.647. The molecule has 114 valence electrons. The highest BCUT2D eigenvalue weighted by Gasteiger charge is 2.21. The zero-order valence-electron chi connectivity index (χ0n) is 13.1. The minimum Gasteiger partial charge on any atom is -0.394 e. The summed E-state index contributed by atoms with van der Waals surface area (Å²) in [5.41, 5.74) is 2.63. The molecule has 0 radical (unpaired) electrons. The summed E-state index contributed by atoms with van der Waals surface area (Å²) >= 11 is 1.98. The van der Waals surface area contributed by atoms with Crippen LogP contribution in [0.15, 0.2) is 24.3 Å². The van der Waals surface area contributed by atoms with Gasteiger partial charge < -0.3 is 10.4 Å². The minimum absolute atomic E-state index is 0.111. The third-order valence-corrected chi connectivity index (χ3v) is 4.63. The first-order valence-corrected chi connectivity index (χ1v) is 8.74. The summed E-state index contributed by atoms with van der Waals surface area (Å²) in [5, 5.41) is 13.0. The maximum absolute atomic E-state index is 9.51. The monoisotopic (exact) mass is 295 g/mol. The van der Waals surface area contributed by atoms with Crippen LogP contribution < -0.4 is 5.32 Å². The van der Waals surface area contributed by atoms with E-state index in [9.17, 15) is 5.11 Å². The summed E-state index contributed by atoms with van der Waals surface area (Å²) in [5.74, 6) is 2.23. The normalized spacial score (nSPS) is 14.2. The molecule has 2 N–H and O–H groups in total. The van der Waals surface area contributed by atoms with E-state index < -0.39 is 0 Å². The molecular formula is C17H29NOS. The van der Waals surface area contributed by atoms with Crippen LogP contribution in [-0.2, 0) is 5.75 Å². The van der Waals surface area contributed by atoms with Gasteiger partial charge in [-0.15, -0.1) is 0 Å². The molecule has 0 aliphatic heterocycles. The van der Waals surface area contributed by atoms with Gasteiger partial charge in [-0.25, -0.2) is 0 Å². The van der Waals surface area contributed by atoms with Crippen LogP contribution >= 0.6 is 11.8 Å². The highest BCUT2D eigenvalue weighted by atomic mass is 32.2. The SMILES string of the molecule is CCCNC(C)(CO)CCCSCc1cccc(C)c1. The number of aliphatic hydroxyl groups is 1. The number of hydrogen-bond donors (Lipinski definition) is 2. The number of nitrogens with one attached hydrogen (secondary N) is 1. The second-order valence-electron chi connectivity index (χ2n) is 5.79. The average molecular weight is 295 g/mol. The molecule has 1 aromatic carbocycles. The zero-order chi connectivity index (χ0) is 14.8. The smallest absolute Gasteiger partial charge is 0.0610 e. The van der Waals surface area contributed by atoms with Gasteiger partial charge in [0.25, 0.3) is 0 Å². The fourth-order valence-corrected chi connectivity index (χ4v) is 3.11. The van der Waals surface area contributed by atoms with Gasteiger partial charge in [0.15, 0.2) is 0 Å². The van der Waals surface area contributed by atoms with Crippen molar-refractivity contribution >= 4 is 11.8 Å². The highest BCUT2D eigenvalue weighted by Crippen LogP contribution is 2.18. The quantitative estimate of drug-likeness (QED) is 0.645. The van der Waals surface area contributed by atoms with Crippen molar-refractivity contribution in [2.75, 3.05) is 18.9 Å². The second kappa shape index (κ2) is 9.43. The van der Waals surface area contributed by atoms with E-state index in [0.29, 0.717) is 0 Å². The third kappa shape index (κ3) is 6.78. The van der Waals surface area contributed by atoms with E-state index >= 15 is 0 Å². The number of aryl methyl sites for hydroxylation is 1. The molecule has 0 saturated heterocycles. The Hall–Kier alpha value is -0.510. The third-order valence-electron chi connectivity index (χ3n) is 3.52. The molecule has 0 aliphatic rings. The van der Waals surface area contributed by atoms with Gasteiger partial charge in [-0.05, 0) is 51.0 Å². The summed E-state index contributed by atoms with van der Waals surface area (Å²) in [6, 6.07) is 8.72. The molecule has 0 spiro atoms. The van der Waals surface area contributed by atoms with Gasteiger partial charge in [0.1, 0.15) is 0 Å². The van der Waals surface area contributed by atoms with Crippen LogP contribution in [0, 0.1) is 6.92 Å². The molecule has 0 saturated carbocycles. The number of aliphatic hydroxyl groups excluding tert-OH is 1. The van der Waals surface area contributed by atoms with E-state index in [1.807, 2.05) is 11.8 Å². The Kier molecular flexibility index (Phi) is 8.27. The van der Waals surface area contributed by atoms with Gasteiger partial charge in [-0.2, -0.15) is 11.8 Å². The van der Waals surface area contributed by atoms with E-state index in [1.165, 1.54) is 11.1 Å². The number of thioether (sulfide) groups is 1. The van der Waals surface area contributed by atoms with Crippen LogP contribution in [0.25, 0.3) is 0 Å². The first-order valence-electron chi connectivity index (χ1n) is 7.59. The first kappa shape index (κ1) is 17.5. The Labute approximate surface area is 128 Å². The van der Waals surface area contributed by atoms with E-state index in [-0.39, 0.29) is 12.1 Å². The van der Waals surface area contributed by atoms with Crippen LogP contribution in [0.3, 0.4) is 0 Å². The number of rotatable bonds is 10. The van der Waals surface area contributed by atoms with Crippen molar-refractivity contribution in [2.45, 2.75) is 51.3 Å². The molecule has 1 atom stereocenters. The van der Waals surface area contributed by atoms with E-state index in [0.717, 1.165) is 37.3 Å². The van der Waals surface area contributed by atoms with E-state index in [4.69, 9.17) is 0 Å². The molecule has 1 unspecified atom stereocenters. The van der Waals surface area contributed by atoms with Crippen molar-refractivity contribution in [3.63, 3.8) is 0 Å². The van der Waals surface area contributed by atoms with Crippen LogP contribution in [0.4, 0.5) is 0 Å². The molecule has 0 amide bonds. The largest absolute Gasteiger partial charge is 0.394 e. The maximum atomic E-state index is 9.51. The Morgan fingerprint density at radius 3 is 2.80 bits per heavy atom. The molecule has 0 aliphatic carbocycles. The topological polar surface area (TPSA) is 32.3 Å². The summed E-state index contributed by atoms with van der Waals surface area (Å²) in [7, 11) is 0. The van der Waals surface area contributed by atoms with Crippen molar-refractivity contribution in [3.05, 3.63) is 35.4 Å². The lowest BCUT2D eigenvalue weighted by Gasteiger charge is -2.28. The summed E-state index contributed by atoms with van der Waals surface area (Å²) in [6.07, 6.45) is 3.28. The van der Waals surface area contributed by atoms with Crippen molar-refractivity contribution in [2.24, 2.45) is 0 Å². The summed E-state index contributed by atoms with van der Waals surface area (Å²) in [4.78, 5) is 0. The fourth-order valence-electron chi connectivity index (χ4n) is 2.21. The van der Waals surface area contributed by atoms with Crippen LogP contribution in [-0.4, -0.2) is 29.5 Å². The Bertz CT molecular complexity index is 383. The molecule has 3 heteroatoms. The molecule has 0 aromatic heterocycles. The molecule has 1 rings (SSSR count). The number of benzene rings is 1. The highest BCUT2D eigenvalue weighted by molar-refractivity contribution is 7.98. The standard InChI is InChI=1S/C17H29NOS/c1-4-10-18-17(3,14-19)9-6-11-20-13-16-8-5-7-15(2)12-16/h5,7-8,12,18-19H,4,6,9-11,13-14H2,1-3H3. The minimum atomic E-state index is -0.111. The van der Waals surface area contributed by atoms with E-state index in [1.54, 1.807) is 0 Å². The van der Waals surface area contributed by atoms with E-state index in [2.05, 4.69) is 50.4 Å². The summed E-state index contributed by atoms with van der Waals surface area (Å²) < 4.78 is 0. The predicted octanol–water partition coefficient (Wildman–Crippen LogP) is 3.76.